The minimum Gasteiger partial charge on any atom is -0.478 e. The van der Waals surface area contributed by atoms with Gasteiger partial charge in [0.15, 0.2) is 0 Å². The lowest BCUT2D eigenvalue weighted by molar-refractivity contribution is -0.131. The van der Waals surface area contributed by atoms with Gasteiger partial charge in [0.2, 0.25) is 0 Å². The smallest absolute Gasteiger partial charge is 0.329 e. The summed E-state index contributed by atoms with van der Waals surface area (Å²) in [6, 6.07) is 0. The Morgan fingerprint density at radius 3 is 3.15 bits per heavy atom. The van der Waals surface area contributed by atoms with Crippen LogP contribution in [-0.2, 0) is 18.4 Å². The van der Waals surface area contributed by atoms with Gasteiger partial charge in [0.05, 0.1) is 18.6 Å². The first kappa shape index (κ1) is 9.31. The van der Waals surface area contributed by atoms with Crippen LogP contribution in [0.15, 0.2) is 24.8 Å². The van der Waals surface area contributed by atoms with Crippen molar-refractivity contribution in [3.8, 4) is 0 Å². The zero-order chi connectivity index (χ0) is 9.68. The molecular formula is C8H11N3O2. The number of imidazole rings is 1. The SMILES string of the molecule is Cn1cncc1CN/C=C/C(=O)O. The maximum atomic E-state index is 10.1. The van der Waals surface area contributed by atoms with E-state index in [0.29, 0.717) is 6.54 Å². The van der Waals surface area contributed by atoms with E-state index in [2.05, 4.69) is 10.3 Å². The number of aliphatic carboxylic acids is 1. The normalized spacial score (nSPS) is 10.5. The van der Waals surface area contributed by atoms with E-state index in [4.69, 9.17) is 5.11 Å². The van der Waals surface area contributed by atoms with Gasteiger partial charge < -0.3 is 15.0 Å². The fourth-order valence-electron chi connectivity index (χ4n) is 0.849. The van der Waals surface area contributed by atoms with E-state index in [1.165, 1.54) is 6.20 Å². The average molecular weight is 181 g/mol. The standard InChI is InChI=1S/C8H11N3O2/c1-11-6-10-5-7(11)4-9-3-2-8(12)13/h2-3,5-6,9H,4H2,1H3,(H,12,13)/b3-2+. The van der Waals surface area contributed by atoms with E-state index in [0.717, 1.165) is 11.8 Å². The molecule has 0 atom stereocenters. The van der Waals surface area contributed by atoms with Gasteiger partial charge in [-0.25, -0.2) is 9.78 Å². The van der Waals surface area contributed by atoms with Crippen molar-refractivity contribution in [2.24, 2.45) is 7.05 Å². The number of carbonyl (C=O) groups is 1. The Morgan fingerprint density at radius 2 is 2.62 bits per heavy atom. The Kier molecular flexibility index (Phi) is 3.08. The van der Waals surface area contributed by atoms with Gasteiger partial charge in [-0.15, -0.1) is 0 Å². The lowest BCUT2D eigenvalue weighted by Crippen LogP contribution is -2.08. The van der Waals surface area contributed by atoms with Crippen molar-refractivity contribution in [3.63, 3.8) is 0 Å². The summed E-state index contributed by atoms with van der Waals surface area (Å²) < 4.78 is 1.86. The van der Waals surface area contributed by atoms with Crippen LogP contribution in [0.2, 0.25) is 0 Å². The number of aryl methyl sites for hydroxylation is 1. The summed E-state index contributed by atoms with van der Waals surface area (Å²) in [5.41, 5.74) is 0.995. The second-order valence-electron chi connectivity index (χ2n) is 2.55. The summed E-state index contributed by atoms with van der Waals surface area (Å²) in [5.74, 6) is -0.961. The molecule has 0 radical (unpaired) electrons. The molecule has 1 aromatic rings. The van der Waals surface area contributed by atoms with Gasteiger partial charge in [-0.05, 0) is 0 Å². The van der Waals surface area contributed by atoms with Crippen molar-refractivity contribution in [2.75, 3.05) is 0 Å². The highest BCUT2D eigenvalue weighted by Crippen LogP contribution is 1.94. The van der Waals surface area contributed by atoms with Crippen LogP contribution < -0.4 is 5.32 Å². The molecule has 0 spiro atoms. The van der Waals surface area contributed by atoms with E-state index in [1.807, 2.05) is 11.6 Å². The maximum absolute atomic E-state index is 10.1. The molecule has 13 heavy (non-hydrogen) atoms. The first-order valence-electron chi connectivity index (χ1n) is 3.78. The molecule has 0 aliphatic carbocycles. The molecule has 0 aliphatic rings. The second kappa shape index (κ2) is 4.30. The van der Waals surface area contributed by atoms with Gasteiger partial charge in [-0.3, -0.25) is 0 Å². The highest BCUT2D eigenvalue weighted by molar-refractivity contribution is 5.79. The Bertz CT molecular complexity index is 317. The molecule has 0 saturated carbocycles. The number of carboxylic acids is 1. The summed E-state index contributed by atoms with van der Waals surface area (Å²) >= 11 is 0. The highest BCUT2D eigenvalue weighted by atomic mass is 16.4. The van der Waals surface area contributed by atoms with E-state index in [9.17, 15) is 4.79 Å². The average Bonchev–Trinajstić information content (AvgIpc) is 2.45. The van der Waals surface area contributed by atoms with Crippen LogP contribution in [-0.4, -0.2) is 20.6 Å². The third-order valence-corrected chi connectivity index (χ3v) is 1.54. The minimum absolute atomic E-state index is 0.570. The molecule has 70 valence electrons. The number of aromatic nitrogens is 2. The Morgan fingerprint density at radius 1 is 1.85 bits per heavy atom. The Balaban J connectivity index is 2.36. The zero-order valence-electron chi connectivity index (χ0n) is 7.27. The topological polar surface area (TPSA) is 67.2 Å². The monoisotopic (exact) mass is 181 g/mol. The Hall–Kier alpha value is -1.78. The molecule has 0 bridgehead atoms. The molecule has 5 nitrogen and oxygen atoms in total. The van der Waals surface area contributed by atoms with E-state index >= 15 is 0 Å². The summed E-state index contributed by atoms with van der Waals surface area (Å²) in [5, 5.41) is 11.1. The highest BCUT2D eigenvalue weighted by Gasteiger charge is 1.94. The molecule has 1 rings (SSSR count). The third kappa shape index (κ3) is 2.98. The molecule has 2 N–H and O–H groups in total. The maximum Gasteiger partial charge on any atom is 0.329 e. The third-order valence-electron chi connectivity index (χ3n) is 1.54. The lowest BCUT2D eigenvalue weighted by Gasteiger charge is -2.00. The van der Waals surface area contributed by atoms with Crippen LogP contribution in [0.25, 0.3) is 0 Å². The van der Waals surface area contributed by atoms with Crippen LogP contribution in [0.3, 0.4) is 0 Å². The van der Waals surface area contributed by atoms with Gasteiger partial charge in [-0.1, -0.05) is 0 Å². The predicted molar refractivity (Wildman–Crippen MR) is 46.8 cm³/mol. The van der Waals surface area contributed by atoms with Gasteiger partial charge >= 0.3 is 5.97 Å². The molecular weight excluding hydrogens is 170 g/mol. The summed E-state index contributed by atoms with van der Waals surface area (Å²) in [6.45, 7) is 0.570. The number of nitrogens with zero attached hydrogens (tertiary/aromatic N) is 2. The first-order valence-corrected chi connectivity index (χ1v) is 3.78. The van der Waals surface area contributed by atoms with E-state index in [1.54, 1.807) is 12.5 Å². The van der Waals surface area contributed by atoms with Gasteiger partial charge in [0, 0.05) is 25.5 Å². The van der Waals surface area contributed by atoms with Gasteiger partial charge in [0.25, 0.3) is 0 Å². The molecule has 0 aliphatic heterocycles. The predicted octanol–water partition coefficient (Wildman–Crippen LogP) is 0.108. The van der Waals surface area contributed by atoms with Crippen molar-refractivity contribution in [1.29, 1.82) is 0 Å². The van der Waals surface area contributed by atoms with Gasteiger partial charge in [0.1, 0.15) is 0 Å². The van der Waals surface area contributed by atoms with Crippen molar-refractivity contribution >= 4 is 5.97 Å². The number of hydrogen-bond acceptors (Lipinski definition) is 3. The van der Waals surface area contributed by atoms with E-state index in [-0.39, 0.29) is 0 Å². The molecule has 5 heteroatoms. The first-order chi connectivity index (χ1) is 6.20. The van der Waals surface area contributed by atoms with Crippen LogP contribution >= 0.6 is 0 Å². The summed E-state index contributed by atoms with van der Waals surface area (Å²) in [6.07, 6.45) is 5.87. The number of rotatable bonds is 4. The van der Waals surface area contributed by atoms with Crippen LogP contribution in [0.4, 0.5) is 0 Å². The fourth-order valence-corrected chi connectivity index (χ4v) is 0.849. The van der Waals surface area contributed by atoms with Crippen molar-refractivity contribution in [3.05, 3.63) is 30.5 Å². The number of carboxylic acid groups (broad SMARTS) is 1. The van der Waals surface area contributed by atoms with Crippen molar-refractivity contribution in [1.82, 2.24) is 14.9 Å². The largest absolute Gasteiger partial charge is 0.478 e. The minimum atomic E-state index is -0.961. The van der Waals surface area contributed by atoms with E-state index < -0.39 is 5.97 Å². The molecule has 0 amide bonds. The second-order valence-corrected chi connectivity index (χ2v) is 2.55. The lowest BCUT2D eigenvalue weighted by atomic mass is 10.4. The van der Waals surface area contributed by atoms with Crippen LogP contribution in [0.5, 0.6) is 0 Å². The van der Waals surface area contributed by atoms with Crippen molar-refractivity contribution in [2.45, 2.75) is 6.54 Å². The van der Waals surface area contributed by atoms with Gasteiger partial charge in [-0.2, -0.15) is 0 Å². The molecule has 1 heterocycles. The molecule has 0 fully saturated rings. The zero-order valence-corrected chi connectivity index (χ0v) is 7.27. The van der Waals surface area contributed by atoms with Crippen molar-refractivity contribution < 1.29 is 9.90 Å². The molecule has 0 unspecified atom stereocenters. The quantitative estimate of drug-likeness (QED) is 0.647. The number of hydrogen-bond donors (Lipinski definition) is 2. The summed E-state index contributed by atoms with van der Waals surface area (Å²) in [4.78, 5) is 14.0. The molecule has 1 aromatic heterocycles. The molecule has 0 saturated heterocycles. The fraction of sp³-hybridized carbons (Fsp3) is 0.250. The summed E-state index contributed by atoms with van der Waals surface area (Å²) in [7, 11) is 1.88. The van der Waals surface area contributed by atoms with Crippen LogP contribution in [0.1, 0.15) is 5.69 Å². The van der Waals surface area contributed by atoms with Crippen LogP contribution in [0, 0.1) is 0 Å². The Labute approximate surface area is 75.7 Å². The number of nitrogens with one attached hydrogen (secondary N) is 1. The molecule has 0 aromatic carbocycles.